The van der Waals surface area contributed by atoms with E-state index in [4.69, 9.17) is 11.6 Å². The van der Waals surface area contributed by atoms with Crippen LogP contribution in [0.3, 0.4) is 0 Å². The van der Waals surface area contributed by atoms with Gasteiger partial charge in [-0.2, -0.15) is 13.2 Å². The summed E-state index contributed by atoms with van der Waals surface area (Å²) >= 11 is 7.19. The lowest BCUT2D eigenvalue weighted by atomic mass is 9.70. The summed E-state index contributed by atoms with van der Waals surface area (Å²) in [4.78, 5) is 42.6. The molecule has 2 fully saturated rings. The van der Waals surface area contributed by atoms with Crippen LogP contribution in [-0.4, -0.2) is 73.2 Å². The van der Waals surface area contributed by atoms with Crippen molar-refractivity contribution in [3.05, 3.63) is 64.0 Å². The highest BCUT2D eigenvalue weighted by molar-refractivity contribution is 7.89. The highest BCUT2D eigenvalue weighted by Gasteiger charge is 2.65. The number of fused-ring (bicyclic) bond motifs is 2. The monoisotopic (exact) mass is 670 g/mol. The maximum atomic E-state index is 13.8. The number of hydrogen-bond acceptors (Lipinski definition) is 6. The van der Waals surface area contributed by atoms with Gasteiger partial charge in [-0.3, -0.25) is 14.4 Å². The number of alkyl halides is 3. The molecular formula is C29H30ClF3N4O5S2. The summed E-state index contributed by atoms with van der Waals surface area (Å²) in [7, 11) is -4.54. The maximum absolute atomic E-state index is 13.8. The molecule has 236 valence electrons. The average Bonchev–Trinajstić information content (AvgIpc) is 3.37. The summed E-state index contributed by atoms with van der Waals surface area (Å²) in [5.41, 5.74) is -2.55. The van der Waals surface area contributed by atoms with E-state index in [0.717, 1.165) is 16.2 Å². The Morgan fingerprint density at radius 2 is 1.80 bits per heavy atom. The van der Waals surface area contributed by atoms with Crippen LogP contribution >= 0.6 is 22.9 Å². The van der Waals surface area contributed by atoms with E-state index in [9.17, 15) is 36.0 Å². The highest BCUT2D eigenvalue weighted by Crippen LogP contribution is 2.45. The number of carbonyl (C=O) groups is 3. The van der Waals surface area contributed by atoms with Gasteiger partial charge in [-0.15, -0.1) is 11.3 Å². The van der Waals surface area contributed by atoms with Gasteiger partial charge in [0.05, 0.1) is 33.6 Å². The molecule has 2 aromatic carbocycles. The summed E-state index contributed by atoms with van der Waals surface area (Å²) in [5, 5.41) is 3.41. The first-order chi connectivity index (χ1) is 20.3. The number of nitrogens with one attached hydrogen (secondary N) is 2. The fraction of sp³-hybridized carbons (Fsp3) is 0.414. The van der Waals surface area contributed by atoms with Crippen LogP contribution in [0.15, 0.2) is 53.4 Å². The van der Waals surface area contributed by atoms with Crippen LogP contribution in [0.25, 0.3) is 10.1 Å². The van der Waals surface area contributed by atoms with E-state index in [1.807, 2.05) is 56.7 Å². The van der Waals surface area contributed by atoms with Gasteiger partial charge in [0.15, 0.2) is 0 Å². The second-order valence-corrected chi connectivity index (χ2v) is 15.5. The van der Waals surface area contributed by atoms with Crippen molar-refractivity contribution in [1.82, 2.24) is 19.8 Å². The van der Waals surface area contributed by atoms with Crippen molar-refractivity contribution in [1.29, 1.82) is 0 Å². The number of halogens is 4. The first-order valence-electron chi connectivity index (χ1n) is 13.6. The Hall–Kier alpha value is -3.20. The quantitative estimate of drug-likeness (QED) is 0.384. The van der Waals surface area contributed by atoms with Crippen molar-refractivity contribution in [2.45, 2.75) is 56.4 Å². The van der Waals surface area contributed by atoms with Gasteiger partial charge >= 0.3 is 6.18 Å². The largest absolute Gasteiger partial charge is 0.416 e. The van der Waals surface area contributed by atoms with E-state index < -0.39 is 61.1 Å². The van der Waals surface area contributed by atoms with Crippen LogP contribution in [0.2, 0.25) is 5.02 Å². The Balaban J connectivity index is 1.22. The second-order valence-electron chi connectivity index (χ2n) is 12.2. The molecule has 3 aromatic rings. The first kappa shape index (κ1) is 32.2. The third kappa shape index (κ3) is 5.80. The zero-order valence-electron chi connectivity index (χ0n) is 24.2. The Bertz CT molecular complexity index is 1740. The molecule has 5 rings (SSSR count). The lowest BCUT2D eigenvalue weighted by Gasteiger charge is -2.69. The zero-order chi connectivity index (χ0) is 32.4. The second kappa shape index (κ2) is 11.0. The fourth-order valence-corrected chi connectivity index (χ4v) is 8.00. The predicted molar refractivity (Wildman–Crippen MR) is 160 cm³/mol. The number of thiophene rings is 1. The van der Waals surface area contributed by atoms with Crippen molar-refractivity contribution in [3.8, 4) is 0 Å². The van der Waals surface area contributed by atoms with Crippen molar-refractivity contribution in [2.75, 3.05) is 19.6 Å². The highest BCUT2D eigenvalue weighted by atomic mass is 35.5. The molecule has 2 N–H and O–H groups in total. The summed E-state index contributed by atoms with van der Waals surface area (Å²) < 4.78 is 67.7. The molecule has 3 heterocycles. The van der Waals surface area contributed by atoms with Gasteiger partial charge in [-0.1, -0.05) is 50.6 Å². The summed E-state index contributed by atoms with van der Waals surface area (Å²) in [5.74, 6) is -1.25. The lowest BCUT2D eigenvalue weighted by molar-refractivity contribution is -0.206. The van der Waals surface area contributed by atoms with E-state index >= 15 is 0 Å². The number of carbonyl (C=O) groups excluding carboxylic acids is 3. The molecule has 2 saturated heterocycles. The van der Waals surface area contributed by atoms with Crippen LogP contribution in [0.1, 0.15) is 42.9 Å². The van der Waals surface area contributed by atoms with Gasteiger partial charge < -0.3 is 15.1 Å². The summed E-state index contributed by atoms with van der Waals surface area (Å²) in [6, 6.07) is 10.0. The van der Waals surface area contributed by atoms with E-state index in [0.29, 0.717) is 17.0 Å². The zero-order valence-corrected chi connectivity index (χ0v) is 26.5. The average molecular weight is 671 g/mol. The SMILES string of the molecule is CC(C)(C)C(NC(=O)c1cc2ccccc2s1)C(=O)N1C[C@H]2N(C(=O)CNS(=O)(=O)c3cc(C(F)(F)F)ccc3Cl)CC21C. The van der Waals surface area contributed by atoms with Crippen molar-refractivity contribution >= 4 is 60.8 Å². The van der Waals surface area contributed by atoms with Crippen LogP contribution in [0.4, 0.5) is 13.2 Å². The molecule has 9 nitrogen and oxygen atoms in total. The number of rotatable bonds is 7. The summed E-state index contributed by atoms with van der Waals surface area (Å²) in [6.45, 7) is 6.95. The number of hydrogen-bond donors (Lipinski definition) is 2. The molecule has 2 aliphatic rings. The van der Waals surface area contributed by atoms with E-state index in [1.54, 1.807) is 11.0 Å². The smallest absolute Gasteiger partial charge is 0.339 e. The minimum absolute atomic E-state index is 0.120. The Morgan fingerprint density at radius 3 is 2.39 bits per heavy atom. The van der Waals surface area contributed by atoms with Crippen LogP contribution in [-0.2, 0) is 25.8 Å². The minimum Gasteiger partial charge on any atom is -0.339 e. The van der Waals surface area contributed by atoms with Crippen molar-refractivity contribution < 1.29 is 36.0 Å². The lowest BCUT2D eigenvalue weighted by Crippen LogP contribution is -2.89. The molecular weight excluding hydrogens is 641 g/mol. The normalized spacial score (nSPS) is 20.9. The van der Waals surface area contributed by atoms with Gasteiger partial charge in [-0.05, 0) is 48.1 Å². The Kier molecular flexibility index (Phi) is 8.05. The molecule has 0 bridgehead atoms. The molecule has 2 aliphatic heterocycles. The topological polar surface area (TPSA) is 116 Å². The minimum atomic E-state index is -4.78. The van der Waals surface area contributed by atoms with Gasteiger partial charge in [0, 0.05) is 17.8 Å². The molecule has 0 saturated carbocycles. The molecule has 0 radical (unpaired) electrons. The maximum Gasteiger partial charge on any atom is 0.416 e. The predicted octanol–water partition coefficient (Wildman–Crippen LogP) is 4.51. The van der Waals surface area contributed by atoms with Crippen molar-refractivity contribution in [3.63, 3.8) is 0 Å². The number of benzene rings is 2. The fourth-order valence-electron chi connectivity index (χ4n) is 5.54. The number of piperazine rings is 1. The Labute approximate surface area is 261 Å². The first-order valence-corrected chi connectivity index (χ1v) is 16.3. The van der Waals surface area contributed by atoms with Gasteiger partial charge in [-0.25, -0.2) is 13.1 Å². The molecule has 3 atom stereocenters. The molecule has 1 aromatic heterocycles. The third-order valence-electron chi connectivity index (χ3n) is 8.14. The van der Waals surface area contributed by atoms with Crippen LogP contribution < -0.4 is 10.0 Å². The Morgan fingerprint density at radius 1 is 1.11 bits per heavy atom. The van der Waals surface area contributed by atoms with Crippen molar-refractivity contribution in [2.24, 2.45) is 5.41 Å². The van der Waals surface area contributed by atoms with Gasteiger partial charge in [0.2, 0.25) is 21.8 Å². The molecule has 0 spiro atoms. The summed E-state index contributed by atoms with van der Waals surface area (Å²) in [6.07, 6.45) is -4.78. The number of amides is 3. The van der Waals surface area contributed by atoms with Crippen LogP contribution in [0.5, 0.6) is 0 Å². The molecule has 3 amide bonds. The van der Waals surface area contributed by atoms with Crippen LogP contribution in [0, 0.1) is 5.41 Å². The molecule has 44 heavy (non-hydrogen) atoms. The molecule has 15 heteroatoms. The van der Waals surface area contributed by atoms with E-state index in [-0.39, 0.29) is 30.9 Å². The number of likely N-dealkylation sites (tertiary alicyclic amines) is 2. The standard InChI is InChI=1S/C29H30ClF3N4O5S2/c1-27(2,3)24(35-25(39)20-11-16-7-5-6-8-19(16)43-20)26(40)37-14-22-28(37,4)15-36(22)23(38)13-34-44(41,42)21-12-17(29(31,32)33)9-10-18(21)30/h5-12,22,24,34H,13-15H2,1-4H3,(H,35,39)/t22-,24?,28?/m1/s1. The third-order valence-corrected chi connectivity index (χ3v) is 11.1. The van der Waals surface area contributed by atoms with Gasteiger partial charge in [0.25, 0.3) is 5.91 Å². The van der Waals surface area contributed by atoms with E-state index in [1.165, 1.54) is 16.2 Å². The van der Waals surface area contributed by atoms with Gasteiger partial charge in [0.1, 0.15) is 10.9 Å². The molecule has 0 aliphatic carbocycles. The number of sulfonamides is 1. The number of nitrogens with zero attached hydrogens (tertiary/aromatic N) is 2. The molecule has 2 unspecified atom stereocenters. The van der Waals surface area contributed by atoms with E-state index in [2.05, 4.69) is 5.32 Å².